The van der Waals surface area contributed by atoms with Crippen molar-refractivity contribution in [2.75, 3.05) is 6.54 Å². The monoisotopic (exact) mass is 307 g/mol. The number of Topliss-reactive ketones (excluding diaryl/α,β-unsaturated/α-hetero) is 1. The molecule has 0 spiro atoms. The molecule has 106 valence electrons. The lowest BCUT2D eigenvalue weighted by Gasteiger charge is -2.26. The molecule has 0 saturated heterocycles. The third-order valence-electron chi connectivity index (χ3n) is 3.40. The van der Waals surface area contributed by atoms with Crippen molar-refractivity contribution < 1.29 is 4.79 Å². The normalized spacial score (nSPS) is 12.6. The molecule has 0 saturated carbocycles. The van der Waals surface area contributed by atoms with E-state index < -0.39 is 0 Å². The van der Waals surface area contributed by atoms with Crippen LogP contribution in [0.1, 0.15) is 29.1 Å². The Hall–Kier alpha value is -1.16. The number of likely N-dealkylation sites (N-methyl/N-ethyl adjacent to an activating group) is 1. The van der Waals surface area contributed by atoms with E-state index in [0.29, 0.717) is 10.6 Å². The van der Waals surface area contributed by atoms with Gasteiger partial charge in [0.05, 0.1) is 6.04 Å². The number of hydrogen-bond acceptors (Lipinski definition) is 3. The highest BCUT2D eigenvalue weighted by Crippen LogP contribution is 2.17. The van der Waals surface area contributed by atoms with E-state index in [2.05, 4.69) is 23.3 Å². The van der Waals surface area contributed by atoms with Gasteiger partial charge in [0.15, 0.2) is 5.78 Å². The zero-order valence-corrected chi connectivity index (χ0v) is 13.2. The molecule has 0 bridgehead atoms. The van der Waals surface area contributed by atoms with Crippen LogP contribution in [0, 0.1) is 0 Å². The number of benzene rings is 1. The topological polar surface area (TPSA) is 20.3 Å². The van der Waals surface area contributed by atoms with E-state index in [1.807, 2.05) is 13.0 Å². The van der Waals surface area contributed by atoms with Crippen LogP contribution in [0.15, 0.2) is 41.8 Å². The van der Waals surface area contributed by atoms with Gasteiger partial charge in [0.2, 0.25) is 0 Å². The first-order valence-corrected chi connectivity index (χ1v) is 7.93. The number of carbonyl (C=O) groups excluding carboxylic acids is 1. The largest absolute Gasteiger partial charge is 0.292 e. The molecule has 20 heavy (non-hydrogen) atoms. The first-order chi connectivity index (χ1) is 9.61. The van der Waals surface area contributed by atoms with Crippen LogP contribution < -0.4 is 0 Å². The van der Waals surface area contributed by atoms with E-state index in [4.69, 9.17) is 11.6 Å². The molecule has 0 aliphatic heterocycles. The molecule has 1 aromatic carbocycles. The van der Waals surface area contributed by atoms with Gasteiger partial charge >= 0.3 is 0 Å². The summed E-state index contributed by atoms with van der Waals surface area (Å²) in [6.45, 7) is 5.71. The highest BCUT2D eigenvalue weighted by Gasteiger charge is 2.21. The summed E-state index contributed by atoms with van der Waals surface area (Å²) in [4.78, 5) is 16.0. The first-order valence-electron chi connectivity index (χ1n) is 6.68. The minimum Gasteiger partial charge on any atom is -0.292 e. The molecule has 4 heteroatoms. The molecule has 0 amide bonds. The van der Waals surface area contributed by atoms with Crippen molar-refractivity contribution in [1.82, 2.24) is 4.90 Å². The van der Waals surface area contributed by atoms with Crippen LogP contribution >= 0.6 is 22.9 Å². The molecule has 2 nitrogen and oxygen atoms in total. The van der Waals surface area contributed by atoms with Crippen LogP contribution in [0.3, 0.4) is 0 Å². The average molecular weight is 308 g/mol. The molecule has 1 aromatic heterocycles. The van der Waals surface area contributed by atoms with E-state index in [-0.39, 0.29) is 11.8 Å². The summed E-state index contributed by atoms with van der Waals surface area (Å²) in [5, 5.41) is 2.72. The molecule has 2 aromatic rings. The minimum absolute atomic E-state index is 0.136. The summed E-state index contributed by atoms with van der Waals surface area (Å²) < 4.78 is 0. The quantitative estimate of drug-likeness (QED) is 0.733. The van der Waals surface area contributed by atoms with Gasteiger partial charge in [-0.2, -0.15) is 0 Å². The molecule has 0 aliphatic carbocycles. The Morgan fingerprint density at radius 1 is 1.30 bits per heavy atom. The highest BCUT2D eigenvalue weighted by atomic mass is 35.5. The molecule has 0 N–H and O–H groups in total. The van der Waals surface area contributed by atoms with E-state index in [9.17, 15) is 4.79 Å². The third-order valence-corrected chi connectivity index (χ3v) is 4.51. The lowest BCUT2D eigenvalue weighted by atomic mass is 10.0. The van der Waals surface area contributed by atoms with Gasteiger partial charge in [-0.25, -0.2) is 0 Å². The van der Waals surface area contributed by atoms with Crippen LogP contribution in [0.25, 0.3) is 0 Å². The van der Waals surface area contributed by atoms with Crippen LogP contribution in [-0.2, 0) is 6.54 Å². The SMILES string of the molecule is CCN(Cc1cccs1)C(C)C(=O)c1ccc(Cl)cc1. The van der Waals surface area contributed by atoms with E-state index in [0.717, 1.165) is 13.1 Å². The maximum atomic E-state index is 12.5. The summed E-state index contributed by atoms with van der Waals surface area (Å²) in [6, 6.07) is 11.1. The second kappa shape index (κ2) is 7.02. The zero-order valence-electron chi connectivity index (χ0n) is 11.7. The van der Waals surface area contributed by atoms with Crippen LogP contribution in [-0.4, -0.2) is 23.3 Å². The summed E-state index contributed by atoms with van der Waals surface area (Å²) >= 11 is 7.58. The van der Waals surface area contributed by atoms with Crippen molar-refractivity contribution in [2.24, 2.45) is 0 Å². The van der Waals surface area contributed by atoms with Gasteiger partial charge < -0.3 is 0 Å². The van der Waals surface area contributed by atoms with Gasteiger partial charge in [0.25, 0.3) is 0 Å². The molecule has 1 atom stereocenters. The molecule has 1 unspecified atom stereocenters. The fourth-order valence-corrected chi connectivity index (χ4v) is 3.00. The number of halogens is 1. The summed E-state index contributed by atoms with van der Waals surface area (Å²) in [5.41, 5.74) is 0.714. The number of ketones is 1. The third kappa shape index (κ3) is 3.69. The molecule has 0 fully saturated rings. The van der Waals surface area contributed by atoms with Gasteiger partial charge in [-0.1, -0.05) is 24.6 Å². The molecular weight excluding hydrogens is 290 g/mol. The van der Waals surface area contributed by atoms with Crippen molar-refractivity contribution in [1.29, 1.82) is 0 Å². The van der Waals surface area contributed by atoms with Crippen molar-refractivity contribution in [2.45, 2.75) is 26.4 Å². The highest BCUT2D eigenvalue weighted by molar-refractivity contribution is 7.09. The summed E-state index contributed by atoms with van der Waals surface area (Å²) in [6.07, 6.45) is 0. The second-order valence-electron chi connectivity index (χ2n) is 4.69. The van der Waals surface area contributed by atoms with Gasteiger partial charge in [0, 0.05) is 22.0 Å². The molecule has 2 rings (SSSR count). The Labute approximate surface area is 129 Å². The predicted molar refractivity (Wildman–Crippen MR) is 85.6 cm³/mol. The molecule has 1 heterocycles. The number of nitrogens with zero attached hydrogens (tertiary/aromatic N) is 1. The van der Waals surface area contributed by atoms with Crippen LogP contribution in [0.4, 0.5) is 0 Å². The fourth-order valence-electron chi connectivity index (χ4n) is 2.15. The number of hydrogen-bond donors (Lipinski definition) is 0. The Balaban J connectivity index is 2.09. The van der Waals surface area contributed by atoms with Gasteiger partial charge in [-0.05, 0) is 49.2 Å². The Bertz CT molecular complexity index is 550. The molecular formula is C16H18ClNOS. The van der Waals surface area contributed by atoms with Crippen LogP contribution in [0.5, 0.6) is 0 Å². The Kier molecular flexibility index (Phi) is 5.35. The summed E-state index contributed by atoms with van der Waals surface area (Å²) in [7, 11) is 0. The average Bonchev–Trinajstić information content (AvgIpc) is 2.97. The van der Waals surface area contributed by atoms with Crippen molar-refractivity contribution >= 4 is 28.7 Å². The van der Waals surface area contributed by atoms with E-state index in [1.54, 1.807) is 35.6 Å². The van der Waals surface area contributed by atoms with E-state index >= 15 is 0 Å². The maximum Gasteiger partial charge on any atom is 0.179 e. The van der Waals surface area contributed by atoms with Crippen molar-refractivity contribution in [3.63, 3.8) is 0 Å². The van der Waals surface area contributed by atoms with E-state index in [1.165, 1.54) is 4.88 Å². The number of thiophene rings is 1. The van der Waals surface area contributed by atoms with Crippen molar-refractivity contribution in [3.8, 4) is 0 Å². The molecule has 0 aliphatic rings. The minimum atomic E-state index is -0.136. The van der Waals surface area contributed by atoms with Gasteiger partial charge in [-0.15, -0.1) is 11.3 Å². The Morgan fingerprint density at radius 2 is 2.00 bits per heavy atom. The predicted octanol–water partition coefficient (Wildman–Crippen LogP) is 4.49. The number of carbonyl (C=O) groups is 1. The van der Waals surface area contributed by atoms with Gasteiger partial charge in [-0.3, -0.25) is 9.69 Å². The fraction of sp³-hybridized carbons (Fsp3) is 0.312. The lowest BCUT2D eigenvalue weighted by Crippen LogP contribution is -2.38. The molecule has 0 radical (unpaired) electrons. The van der Waals surface area contributed by atoms with Crippen LogP contribution in [0.2, 0.25) is 5.02 Å². The first kappa shape index (κ1) is 15.2. The Morgan fingerprint density at radius 3 is 2.55 bits per heavy atom. The lowest BCUT2D eigenvalue weighted by molar-refractivity contribution is 0.0837. The van der Waals surface area contributed by atoms with Gasteiger partial charge in [0.1, 0.15) is 0 Å². The smallest absolute Gasteiger partial charge is 0.179 e. The number of rotatable bonds is 6. The second-order valence-corrected chi connectivity index (χ2v) is 6.16. The standard InChI is InChI=1S/C16H18ClNOS/c1-3-18(11-15-5-4-10-20-15)12(2)16(19)13-6-8-14(17)9-7-13/h4-10,12H,3,11H2,1-2H3. The summed E-state index contributed by atoms with van der Waals surface area (Å²) in [5.74, 6) is 0.139. The van der Waals surface area contributed by atoms with Crippen molar-refractivity contribution in [3.05, 3.63) is 57.2 Å². The zero-order chi connectivity index (χ0) is 14.5. The maximum absolute atomic E-state index is 12.5.